The van der Waals surface area contributed by atoms with Crippen LogP contribution < -0.4 is 9.64 Å². The molecule has 2 aliphatic heterocycles. The fraction of sp³-hybridized carbons (Fsp3) is 0.692. The first-order chi connectivity index (χ1) is 17.2. The van der Waals surface area contributed by atoms with Crippen LogP contribution >= 0.6 is 0 Å². The maximum atomic E-state index is 13.0. The van der Waals surface area contributed by atoms with Gasteiger partial charge >= 0.3 is 6.01 Å². The standard InChI is InChI=1S/C26H35F2N5O3/c1-16(2)23-30-25(36-31-23)32-7-4-19(5-8-32)21-12-20(21)6-9-35-24-17(3)10-18(13-29-24)11-22(34)33-14-26(27,28)15-33/h10,13,16,19-21H,4-9,11-12,14-15H2,1-3H3/t20-,21-/m1/s1. The van der Waals surface area contributed by atoms with E-state index >= 15 is 0 Å². The summed E-state index contributed by atoms with van der Waals surface area (Å²) in [6, 6.07) is 2.51. The maximum Gasteiger partial charge on any atom is 0.324 e. The van der Waals surface area contributed by atoms with Gasteiger partial charge in [0.25, 0.3) is 5.92 Å². The Kier molecular flexibility index (Phi) is 6.87. The average Bonchev–Trinajstić information content (AvgIpc) is 3.41. The van der Waals surface area contributed by atoms with Crippen LogP contribution in [0.2, 0.25) is 0 Å². The van der Waals surface area contributed by atoms with Gasteiger partial charge in [-0.2, -0.15) is 4.98 Å². The van der Waals surface area contributed by atoms with E-state index in [1.807, 2.05) is 13.0 Å². The van der Waals surface area contributed by atoms with Crippen LogP contribution in [-0.2, 0) is 11.2 Å². The van der Waals surface area contributed by atoms with Crippen LogP contribution in [-0.4, -0.2) is 64.6 Å². The number of piperidine rings is 1. The molecule has 1 saturated carbocycles. The molecule has 8 nitrogen and oxygen atoms in total. The van der Waals surface area contributed by atoms with Gasteiger partial charge in [-0.25, -0.2) is 13.8 Å². The first-order valence-electron chi connectivity index (χ1n) is 13.0. The Morgan fingerprint density at radius 1 is 1.28 bits per heavy atom. The molecular formula is C26H35F2N5O3. The van der Waals surface area contributed by atoms with E-state index in [9.17, 15) is 13.6 Å². The van der Waals surface area contributed by atoms with E-state index in [4.69, 9.17) is 9.26 Å². The summed E-state index contributed by atoms with van der Waals surface area (Å²) in [6.45, 7) is 7.59. The number of aromatic nitrogens is 3. The Labute approximate surface area is 210 Å². The monoisotopic (exact) mass is 503 g/mol. The molecule has 2 atom stereocenters. The number of nitrogens with zero attached hydrogens (tertiary/aromatic N) is 5. The van der Waals surface area contributed by atoms with Crippen molar-refractivity contribution in [2.24, 2.45) is 17.8 Å². The Bertz CT molecular complexity index is 1080. The molecule has 3 aliphatic rings. The second-order valence-electron chi connectivity index (χ2n) is 11.0. The lowest BCUT2D eigenvalue weighted by Gasteiger charge is -2.38. The van der Waals surface area contributed by atoms with Gasteiger partial charge in [0.2, 0.25) is 11.8 Å². The first kappa shape index (κ1) is 24.9. The van der Waals surface area contributed by atoms with Gasteiger partial charge in [0.15, 0.2) is 5.82 Å². The van der Waals surface area contributed by atoms with Crippen LogP contribution in [0.3, 0.4) is 0 Å². The van der Waals surface area contributed by atoms with Gasteiger partial charge in [-0.15, -0.1) is 0 Å². The molecule has 5 rings (SSSR count). The number of hydrogen-bond donors (Lipinski definition) is 0. The maximum absolute atomic E-state index is 13.0. The lowest BCUT2D eigenvalue weighted by Crippen LogP contribution is -2.58. The summed E-state index contributed by atoms with van der Waals surface area (Å²) in [6.07, 6.45) is 6.26. The van der Waals surface area contributed by atoms with E-state index in [2.05, 4.69) is 33.9 Å². The zero-order valence-corrected chi connectivity index (χ0v) is 21.3. The highest BCUT2D eigenvalue weighted by atomic mass is 19.3. The minimum Gasteiger partial charge on any atom is -0.477 e. The highest BCUT2D eigenvalue weighted by Crippen LogP contribution is 2.50. The largest absolute Gasteiger partial charge is 0.477 e. The molecule has 3 fully saturated rings. The minimum absolute atomic E-state index is 0.0815. The van der Waals surface area contributed by atoms with Crippen molar-refractivity contribution in [2.75, 3.05) is 37.7 Å². The summed E-state index contributed by atoms with van der Waals surface area (Å²) in [7, 11) is 0. The molecule has 0 unspecified atom stereocenters. The molecule has 0 N–H and O–H groups in total. The van der Waals surface area contributed by atoms with Crippen molar-refractivity contribution in [1.29, 1.82) is 0 Å². The summed E-state index contributed by atoms with van der Waals surface area (Å²) in [5.41, 5.74) is 1.57. The van der Waals surface area contributed by atoms with E-state index < -0.39 is 19.0 Å². The molecule has 0 aromatic carbocycles. The van der Waals surface area contributed by atoms with Crippen molar-refractivity contribution < 1.29 is 22.8 Å². The van der Waals surface area contributed by atoms with E-state index in [-0.39, 0.29) is 18.2 Å². The molecule has 196 valence electrons. The summed E-state index contributed by atoms with van der Waals surface area (Å²) >= 11 is 0. The number of alkyl halides is 2. The summed E-state index contributed by atoms with van der Waals surface area (Å²) in [5, 5.41) is 4.08. The summed E-state index contributed by atoms with van der Waals surface area (Å²) in [4.78, 5) is 24.4. The number of carbonyl (C=O) groups is 1. The molecule has 2 saturated heterocycles. The van der Waals surface area contributed by atoms with Crippen molar-refractivity contribution in [2.45, 2.75) is 64.7 Å². The molecule has 4 heterocycles. The Balaban J connectivity index is 1.01. The fourth-order valence-electron chi connectivity index (χ4n) is 5.44. The Hall–Kier alpha value is -2.78. The average molecular weight is 504 g/mol. The number of pyridine rings is 1. The molecule has 0 spiro atoms. The molecule has 1 aliphatic carbocycles. The number of halogens is 2. The molecular weight excluding hydrogens is 468 g/mol. The fourth-order valence-corrected chi connectivity index (χ4v) is 5.44. The smallest absolute Gasteiger partial charge is 0.324 e. The molecule has 2 aromatic rings. The zero-order chi connectivity index (χ0) is 25.4. The third-order valence-electron chi connectivity index (χ3n) is 7.71. The predicted molar refractivity (Wildman–Crippen MR) is 129 cm³/mol. The van der Waals surface area contributed by atoms with Crippen LogP contribution in [0.15, 0.2) is 16.8 Å². The number of likely N-dealkylation sites (tertiary alicyclic amines) is 1. The second kappa shape index (κ2) is 9.94. The number of anilines is 1. The highest BCUT2D eigenvalue weighted by Gasteiger charge is 2.46. The zero-order valence-electron chi connectivity index (χ0n) is 21.3. The van der Waals surface area contributed by atoms with Gasteiger partial charge in [-0.3, -0.25) is 4.79 Å². The van der Waals surface area contributed by atoms with Crippen LogP contribution in [0, 0.1) is 24.7 Å². The molecule has 2 aromatic heterocycles. The third-order valence-corrected chi connectivity index (χ3v) is 7.71. The lowest BCUT2D eigenvalue weighted by molar-refractivity contribution is -0.165. The molecule has 36 heavy (non-hydrogen) atoms. The van der Waals surface area contributed by atoms with Gasteiger partial charge in [0, 0.05) is 30.8 Å². The Morgan fingerprint density at radius 2 is 2.03 bits per heavy atom. The third kappa shape index (κ3) is 5.62. The van der Waals surface area contributed by atoms with Crippen molar-refractivity contribution in [1.82, 2.24) is 20.0 Å². The number of amides is 1. The normalized spacial score (nSPS) is 23.6. The molecule has 1 amide bonds. The van der Waals surface area contributed by atoms with Crippen molar-refractivity contribution >= 4 is 11.9 Å². The second-order valence-corrected chi connectivity index (χ2v) is 11.0. The molecule has 0 bridgehead atoms. The summed E-state index contributed by atoms with van der Waals surface area (Å²) < 4.78 is 37.4. The summed E-state index contributed by atoms with van der Waals surface area (Å²) in [5.74, 6) is 0.774. The first-order valence-corrected chi connectivity index (χ1v) is 13.0. The lowest BCUT2D eigenvalue weighted by atomic mass is 9.90. The van der Waals surface area contributed by atoms with Crippen molar-refractivity contribution in [3.05, 3.63) is 29.2 Å². The van der Waals surface area contributed by atoms with Gasteiger partial charge in [-0.05, 0) is 62.0 Å². The number of aryl methyl sites for hydroxylation is 1. The molecule has 0 radical (unpaired) electrons. The number of carbonyl (C=O) groups excluding carboxylic acids is 1. The number of ether oxygens (including phenoxy) is 1. The van der Waals surface area contributed by atoms with E-state index in [1.54, 1.807) is 6.20 Å². The predicted octanol–water partition coefficient (Wildman–Crippen LogP) is 4.24. The van der Waals surface area contributed by atoms with Crippen LogP contribution in [0.1, 0.15) is 62.4 Å². The SMILES string of the molecule is Cc1cc(CC(=O)N2CC(F)(F)C2)cnc1OCC[C@@H]1C[C@@H]1C1CCN(c2nc(C(C)C)no2)CC1. The van der Waals surface area contributed by atoms with Crippen molar-refractivity contribution in [3.63, 3.8) is 0 Å². The van der Waals surface area contributed by atoms with Gasteiger partial charge in [0.1, 0.15) is 0 Å². The van der Waals surface area contributed by atoms with E-state index in [0.717, 1.165) is 61.1 Å². The topological polar surface area (TPSA) is 84.6 Å². The van der Waals surface area contributed by atoms with E-state index in [1.165, 1.54) is 11.3 Å². The van der Waals surface area contributed by atoms with Gasteiger partial charge < -0.3 is 19.1 Å². The van der Waals surface area contributed by atoms with Crippen LogP contribution in [0.25, 0.3) is 0 Å². The van der Waals surface area contributed by atoms with Crippen LogP contribution in [0.5, 0.6) is 5.88 Å². The van der Waals surface area contributed by atoms with Crippen LogP contribution in [0.4, 0.5) is 14.8 Å². The van der Waals surface area contributed by atoms with Gasteiger partial charge in [0.05, 0.1) is 26.1 Å². The van der Waals surface area contributed by atoms with Gasteiger partial charge in [-0.1, -0.05) is 19.0 Å². The molecule has 10 heteroatoms. The quantitative estimate of drug-likeness (QED) is 0.506. The number of rotatable bonds is 9. The Morgan fingerprint density at radius 3 is 2.67 bits per heavy atom. The minimum atomic E-state index is -2.74. The van der Waals surface area contributed by atoms with Crippen molar-refractivity contribution in [3.8, 4) is 5.88 Å². The van der Waals surface area contributed by atoms with E-state index in [0.29, 0.717) is 24.4 Å². The number of hydrogen-bond acceptors (Lipinski definition) is 7. The highest BCUT2D eigenvalue weighted by molar-refractivity contribution is 5.79.